The highest BCUT2D eigenvalue weighted by Gasteiger charge is 2.26. The third-order valence-electron chi connectivity index (χ3n) is 4.63. The van der Waals surface area contributed by atoms with Gasteiger partial charge >= 0.3 is 0 Å². The molecule has 1 unspecified atom stereocenters. The Morgan fingerprint density at radius 1 is 1.21 bits per heavy atom. The first kappa shape index (κ1) is 17.0. The number of piperidine rings is 1. The molecule has 1 atom stereocenters. The van der Waals surface area contributed by atoms with Crippen LogP contribution in [-0.4, -0.2) is 23.9 Å². The topological polar surface area (TPSA) is 32.3 Å². The molecule has 2 aromatic rings. The number of rotatable bonds is 4. The largest absolute Gasteiger partial charge is 0.326 e. The minimum absolute atomic E-state index is 0.0286. The molecule has 1 N–H and O–H groups in total. The molecule has 2 aromatic carbocycles. The number of para-hydroxylation sites is 1. The molecule has 0 aliphatic carbocycles. The monoisotopic (exact) mass is 342 g/mol. The van der Waals surface area contributed by atoms with Gasteiger partial charge in [0, 0.05) is 23.8 Å². The Kier molecular flexibility index (Phi) is 5.54. The zero-order valence-corrected chi connectivity index (χ0v) is 14.7. The van der Waals surface area contributed by atoms with Crippen LogP contribution in [0.5, 0.6) is 0 Å². The van der Waals surface area contributed by atoms with Crippen molar-refractivity contribution >= 4 is 23.2 Å². The molecule has 126 valence electrons. The number of nitrogens with one attached hydrogen (secondary N) is 1. The summed E-state index contributed by atoms with van der Waals surface area (Å²) >= 11 is 6.26. The number of amides is 1. The maximum atomic E-state index is 12.6. The van der Waals surface area contributed by atoms with Gasteiger partial charge in [0.2, 0.25) is 5.91 Å². The molecule has 3 nitrogen and oxygen atoms in total. The summed E-state index contributed by atoms with van der Waals surface area (Å²) in [5, 5.41) is 3.88. The fraction of sp³-hybridized carbons (Fsp3) is 0.350. The van der Waals surface area contributed by atoms with Gasteiger partial charge in [-0.1, -0.05) is 48.0 Å². The highest BCUT2D eigenvalue weighted by molar-refractivity contribution is 6.31. The third kappa shape index (κ3) is 4.16. The van der Waals surface area contributed by atoms with Crippen LogP contribution in [0.4, 0.5) is 5.69 Å². The number of hydrogen-bond acceptors (Lipinski definition) is 2. The van der Waals surface area contributed by atoms with E-state index in [2.05, 4.69) is 16.3 Å². The number of anilines is 1. The van der Waals surface area contributed by atoms with Crippen LogP contribution < -0.4 is 5.32 Å². The second-order valence-electron chi connectivity index (χ2n) is 6.47. The molecule has 0 aromatic heterocycles. The Labute approximate surface area is 148 Å². The van der Waals surface area contributed by atoms with E-state index in [1.165, 1.54) is 0 Å². The van der Waals surface area contributed by atoms with Crippen LogP contribution in [0.3, 0.4) is 0 Å². The van der Waals surface area contributed by atoms with Crippen LogP contribution in [0.15, 0.2) is 48.5 Å². The first-order chi connectivity index (χ1) is 11.6. The highest BCUT2D eigenvalue weighted by Crippen LogP contribution is 2.23. The van der Waals surface area contributed by atoms with E-state index in [1.54, 1.807) is 0 Å². The van der Waals surface area contributed by atoms with Crippen LogP contribution >= 0.6 is 11.6 Å². The lowest BCUT2D eigenvalue weighted by atomic mass is 9.96. The van der Waals surface area contributed by atoms with E-state index in [4.69, 9.17) is 11.6 Å². The van der Waals surface area contributed by atoms with E-state index < -0.39 is 0 Å². The number of halogens is 1. The van der Waals surface area contributed by atoms with Gasteiger partial charge in [-0.25, -0.2) is 0 Å². The number of aryl methyl sites for hydroxylation is 1. The molecule has 1 aliphatic rings. The normalized spacial score (nSPS) is 18.3. The molecule has 3 rings (SSSR count). The van der Waals surface area contributed by atoms with Gasteiger partial charge in [0.25, 0.3) is 0 Å². The van der Waals surface area contributed by atoms with Crippen LogP contribution in [0, 0.1) is 12.8 Å². The Bertz CT molecular complexity index is 716. The van der Waals surface area contributed by atoms with E-state index in [9.17, 15) is 4.79 Å². The first-order valence-corrected chi connectivity index (χ1v) is 8.83. The van der Waals surface area contributed by atoms with Gasteiger partial charge in [-0.05, 0) is 49.6 Å². The summed E-state index contributed by atoms with van der Waals surface area (Å²) in [4.78, 5) is 14.9. The van der Waals surface area contributed by atoms with Gasteiger partial charge < -0.3 is 5.32 Å². The van der Waals surface area contributed by atoms with Gasteiger partial charge in [0.05, 0.1) is 5.92 Å². The summed E-state index contributed by atoms with van der Waals surface area (Å²) in [6, 6.07) is 15.8. The van der Waals surface area contributed by atoms with Gasteiger partial charge in [-0.15, -0.1) is 0 Å². The van der Waals surface area contributed by atoms with Crippen molar-refractivity contribution in [3.05, 3.63) is 64.7 Å². The summed E-state index contributed by atoms with van der Waals surface area (Å²) in [6.07, 6.45) is 1.98. The zero-order valence-electron chi connectivity index (χ0n) is 14.0. The molecular weight excluding hydrogens is 320 g/mol. The molecule has 1 fully saturated rings. The molecule has 0 spiro atoms. The molecule has 1 saturated heterocycles. The maximum Gasteiger partial charge on any atom is 0.228 e. The van der Waals surface area contributed by atoms with Crippen LogP contribution in [0.2, 0.25) is 5.02 Å². The number of likely N-dealkylation sites (tertiary alicyclic amines) is 1. The standard InChI is InChI=1S/C20H23ClN2O/c1-15-7-2-5-11-19(15)22-20(24)17-9-6-12-23(14-17)13-16-8-3-4-10-18(16)21/h2-5,7-8,10-11,17H,6,9,12-14H2,1H3,(H,22,24). The van der Waals surface area contributed by atoms with Crippen molar-refractivity contribution in [1.82, 2.24) is 4.90 Å². The van der Waals surface area contributed by atoms with Gasteiger partial charge in [-0.3, -0.25) is 9.69 Å². The molecule has 4 heteroatoms. The van der Waals surface area contributed by atoms with Crippen LogP contribution in [0.25, 0.3) is 0 Å². The van der Waals surface area contributed by atoms with Crippen LogP contribution in [0.1, 0.15) is 24.0 Å². The molecular formula is C20H23ClN2O. The molecule has 0 radical (unpaired) electrons. The highest BCUT2D eigenvalue weighted by atomic mass is 35.5. The Balaban J connectivity index is 1.62. The lowest BCUT2D eigenvalue weighted by Gasteiger charge is -2.32. The minimum atomic E-state index is 0.0286. The number of nitrogens with zero attached hydrogens (tertiary/aromatic N) is 1. The average molecular weight is 343 g/mol. The van der Waals surface area contributed by atoms with Crippen LogP contribution in [-0.2, 0) is 11.3 Å². The number of carbonyl (C=O) groups is 1. The van der Waals surface area contributed by atoms with E-state index in [1.807, 2.05) is 49.4 Å². The van der Waals surface area contributed by atoms with Crippen molar-refractivity contribution in [2.45, 2.75) is 26.3 Å². The molecule has 0 bridgehead atoms. The van der Waals surface area contributed by atoms with Crippen molar-refractivity contribution < 1.29 is 4.79 Å². The van der Waals surface area contributed by atoms with Gasteiger partial charge in [0.1, 0.15) is 0 Å². The summed E-state index contributed by atoms with van der Waals surface area (Å²) < 4.78 is 0. The van der Waals surface area contributed by atoms with Crippen molar-refractivity contribution in [3.63, 3.8) is 0 Å². The lowest BCUT2D eigenvalue weighted by Crippen LogP contribution is -2.40. The summed E-state index contributed by atoms with van der Waals surface area (Å²) in [5.74, 6) is 0.147. The Morgan fingerprint density at radius 3 is 2.75 bits per heavy atom. The number of carbonyl (C=O) groups excluding carboxylic acids is 1. The predicted molar refractivity (Wildman–Crippen MR) is 99.3 cm³/mol. The fourth-order valence-corrected chi connectivity index (χ4v) is 3.42. The van der Waals surface area contributed by atoms with Crippen molar-refractivity contribution in [3.8, 4) is 0 Å². The van der Waals surface area contributed by atoms with Crippen molar-refractivity contribution in [2.24, 2.45) is 5.92 Å². The number of benzene rings is 2. The zero-order chi connectivity index (χ0) is 16.9. The predicted octanol–water partition coefficient (Wildman–Crippen LogP) is 4.50. The molecule has 1 aliphatic heterocycles. The first-order valence-electron chi connectivity index (χ1n) is 8.46. The molecule has 24 heavy (non-hydrogen) atoms. The van der Waals surface area contributed by atoms with E-state index in [0.717, 1.165) is 54.3 Å². The lowest BCUT2D eigenvalue weighted by molar-refractivity contribution is -0.121. The summed E-state index contributed by atoms with van der Waals surface area (Å²) in [5.41, 5.74) is 3.12. The van der Waals surface area contributed by atoms with Gasteiger partial charge in [-0.2, -0.15) is 0 Å². The molecule has 1 amide bonds. The fourth-order valence-electron chi connectivity index (χ4n) is 3.23. The van der Waals surface area contributed by atoms with Gasteiger partial charge in [0.15, 0.2) is 0 Å². The summed E-state index contributed by atoms with van der Waals surface area (Å²) in [6.45, 7) is 4.61. The smallest absolute Gasteiger partial charge is 0.228 e. The second-order valence-corrected chi connectivity index (χ2v) is 6.88. The SMILES string of the molecule is Cc1ccccc1NC(=O)C1CCCN(Cc2ccccc2Cl)C1. The van der Waals surface area contributed by atoms with E-state index in [0.29, 0.717) is 0 Å². The van der Waals surface area contributed by atoms with Crippen molar-refractivity contribution in [1.29, 1.82) is 0 Å². The molecule has 0 saturated carbocycles. The van der Waals surface area contributed by atoms with E-state index >= 15 is 0 Å². The summed E-state index contributed by atoms with van der Waals surface area (Å²) in [7, 11) is 0. The van der Waals surface area contributed by atoms with E-state index in [-0.39, 0.29) is 11.8 Å². The quantitative estimate of drug-likeness (QED) is 0.887. The Hall–Kier alpha value is -1.84. The minimum Gasteiger partial charge on any atom is -0.326 e. The second kappa shape index (κ2) is 7.82. The molecule has 1 heterocycles. The number of hydrogen-bond donors (Lipinski definition) is 1. The third-order valence-corrected chi connectivity index (χ3v) is 5.00. The Morgan fingerprint density at radius 2 is 1.96 bits per heavy atom. The average Bonchev–Trinajstić information content (AvgIpc) is 2.59. The maximum absolute atomic E-state index is 12.6. The van der Waals surface area contributed by atoms with Crippen molar-refractivity contribution in [2.75, 3.05) is 18.4 Å².